The molecule has 1 atom stereocenters. The van der Waals surface area contributed by atoms with Crippen molar-refractivity contribution in [3.63, 3.8) is 0 Å². The van der Waals surface area contributed by atoms with Crippen molar-refractivity contribution >= 4 is 33.7 Å². The lowest BCUT2D eigenvalue weighted by Gasteiger charge is -2.39. The first-order chi connectivity index (χ1) is 15.3. The van der Waals surface area contributed by atoms with Crippen molar-refractivity contribution in [1.82, 2.24) is 24.6 Å². The number of pyridine rings is 2. The molecule has 0 spiro atoms. The highest BCUT2D eigenvalue weighted by atomic mass is 19.1. The van der Waals surface area contributed by atoms with Crippen LogP contribution in [0.3, 0.4) is 0 Å². The lowest BCUT2D eigenvalue weighted by molar-refractivity contribution is 0.122. The fourth-order valence-corrected chi connectivity index (χ4v) is 4.41. The molecular formula is C23H23FN6O2. The van der Waals surface area contributed by atoms with E-state index in [1.165, 1.54) is 11.0 Å². The minimum Gasteiger partial charge on any atom is -0.465 e. The quantitative estimate of drug-likeness (QED) is 0.516. The highest BCUT2D eigenvalue weighted by molar-refractivity contribution is 5.88. The maximum atomic E-state index is 14.6. The number of benzene rings is 1. The first kappa shape index (κ1) is 20.2. The highest BCUT2D eigenvalue weighted by Gasteiger charge is 2.27. The predicted octanol–water partition coefficient (Wildman–Crippen LogP) is 3.82. The van der Waals surface area contributed by atoms with Gasteiger partial charge in [-0.2, -0.15) is 5.10 Å². The molecule has 9 heteroatoms. The number of hydrogen-bond donors (Lipinski definition) is 1. The normalized spacial score (nSPS) is 16.8. The number of aromatic nitrogens is 4. The molecule has 4 heterocycles. The highest BCUT2D eigenvalue weighted by Crippen LogP contribution is 2.30. The molecule has 1 aliphatic heterocycles. The van der Waals surface area contributed by atoms with Crippen LogP contribution < -0.4 is 4.90 Å². The van der Waals surface area contributed by atoms with Crippen molar-refractivity contribution in [2.45, 2.75) is 19.9 Å². The second-order valence-electron chi connectivity index (χ2n) is 8.36. The van der Waals surface area contributed by atoms with E-state index in [1.54, 1.807) is 24.1 Å². The second-order valence-corrected chi connectivity index (χ2v) is 8.36. The number of piperazine rings is 1. The molecule has 164 valence electrons. The van der Waals surface area contributed by atoms with Gasteiger partial charge in [-0.3, -0.25) is 4.68 Å². The van der Waals surface area contributed by atoms with Gasteiger partial charge in [-0.15, -0.1) is 0 Å². The summed E-state index contributed by atoms with van der Waals surface area (Å²) in [6.45, 7) is 5.56. The third kappa shape index (κ3) is 3.39. The summed E-state index contributed by atoms with van der Waals surface area (Å²) in [6, 6.07) is 7.23. The summed E-state index contributed by atoms with van der Waals surface area (Å²) in [5, 5.41) is 15.1. The van der Waals surface area contributed by atoms with Crippen LogP contribution in [-0.4, -0.2) is 61.5 Å². The van der Waals surface area contributed by atoms with E-state index in [0.717, 1.165) is 22.0 Å². The third-order valence-corrected chi connectivity index (χ3v) is 6.07. The number of aryl methyl sites for hydroxylation is 2. The SMILES string of the molecule is Cc1cc(-c2cc(F)c3nn(C)cc3c2)nc2ncc(N3CCN(C(=O)O)[C@@H](C)C3)cc12. The van der Waals surface area contributed by atoms with Gasteiger partial charge < -0.3 is 14.9 Å². The van der Waals surface area contributed by atoms with Crippen LogP contribution in [0.25, 0.3) is 33.2 Å². The predicted molar refractivity (Wildman–Crippen MR) is 120 cm³/mol. The van der Waals surface area contributed by atoms with Crippen LogP contribution in [0.5, 0.6) is 0 Å². The van der Waals surface area contributed by atoms with Gasteiger partial charge >= 0.3 is 6.09 Å². The molecule has 1 N–H and O–H groups in total. The van der Waals surface area contributed by atoms with Crippen LogP contribution in [0.2, 0.25) is 0 Å². The van der Waals surface area contributed by atoms with E-state index >= 15 is 0 Å². The smallest absolute Gasteiger partial charge is 0.407 e. The molecule has 3 aromatic heterocycles. The van der Waals surface area contributed by atoms with Gasteiger partial charge in [0, 0.05) is 55.3 Å². The van der Waals surface area contributed by atoms with Crippen LogP contribution in [0.15, 0.2) is 36.7 Å². The monoisotopic (exact) mass is 434 g/mol. The Hall–Kier alpha value is -3.75. The number of nitrogens with zero attached hydrogens (tertiary/aromatic N) is 6. The summed E-state index contributed by atoms with van der Waals surface area (Å²) in [4.78, 5) is 24.2. The van der Waals surface area contributed by atoms with Crippen LogP contribution in [-0.2, 0) is 7.05 Å². The van der Waals surface area contributed by atoms with E-state index < -0.39 is 6.09 Å². The molecule has 0 bridgehead atoms. The van der Waals surface area contributed by atoms with E-state index in [1.807, 2.05) is 32.0 Å². The van der Waals surface area contributed by atoms with Crippen LogP contribution in [0.4, 0.5) is 14.9 Å². The van der Waals surface area contributed by atoms with Gasteiger partial charge in [0.05, 0.1) is 17.6 Å². The largest absolute Gasteiger partial charge is 0.465 e. The molecule has 0 unspecified atom stereocenters. The molecule has 0 saturated carbocycles. The Kier molecular flexibility index (Phi) is 4.69. The van der Waals surface area contributed by atoms with Crippen molar-refractivity contribution in [2.75, 3.05) is 24.5 Å². The zero-order valence-electron chi connectivity index (χ0n) is 18.1. The number of anilines is 1. The standard InChI is InChI=1S/C23H23FN6O2/c1-13-6-20(15-7-16-12-28(3)27-21(16)19(24)8-15)26-22-18(13)9-17(10-25-22)29-4-5-30(23(31)32)14(2)11-29/h6-10,12,14H,4-5,11H2,1-3H3,(H,31,32)/t14-/m0/s1. The van der Waals surface area contributed by atoms with Gasteiger partial charge in [-0.1, -0.05) is 0 Å². The number of halogens is 1. The van der Waals surface area contributed by atoms with Crippen molar-refractivity contribution < 1.29 is 14.3 Å². The molecule has 1 fully saturated rings. The summed E-state index contributed by atoms with van der Waals surface area (Å²) in [5.41, 5.74) is 4.20. The van der Waals surface area contributed by atoms with E-state index in [2.05, 4.69) is 20.0 Å². The maximum absolute atomic E-state index is 14.6. The molecule has 1 aliphatic rings. The molecule has 0 radical (unpaired) electrons. The van der Waals surface area contributed by atoms with Crippen LogP contribution in [0, 0.1) is 12.7 Å². The molecular weight excluding hydrogens is 411 g/mol. The fourth-order valence-electron chi connectivity index (χ4n) is 4.41. The minimum absolute atomic E-state index is 0.101. The van der Waals surface area contributed by atoms with E-state index in [-0.39, 0.29) is 11.9 Å². The van der Waals surface area contributed by atoms with Gasteiger partial charge in [0.2, 0.25) is 0 Å². The second kappa shape index (κ2) is 7.44. The molecule has 4 aromatic rings. The third-order valence-electron chi connectivity index (χ3n) is 6.07. The summed E-state index contributed by atoms with van der Waals surface area (Å²) >= 11 is 0. The Morgan fingerprint density at radius 1 is 1.22 bits per heavy atom. The summed E-state index contributed by atoms with van der Waals surface area (Å²) in [6.07, 6.45) is 2.67. The molecule has 1 saturated heterocycles. The molecule has 32 heavy (non-hydrogen) atoms. The van der Waals surface area contributed by atoms with Crippen molar-refractivity contribution in [2.24, 2.45) is 7.05 Å². The van der Waals surface area contributed by atoms with Crippen LogP contribution >= 0.6 is 0 Å². The molecule has 1 amide bonds. The number of hydrogen-bond acceptors (Lipinski definition) is 5. The lowest BCUT2D eigenvalue weighted by Crippen LogP contribution is -2.53. The number of carbonyl (C=O) groups is 1. The Morgan fingerprint density at radius 2 is 2.03 bits per heavy atom. The topological polar surface area (TPSA) is 87.4 Å². The van der Waals surface area contributed by atoms with Gasteiger partial charge in [0.25, 0.3) is 0 Å². The Balaban J connectivity index is 1.50. The molecule has 1 aromatic carbocycles. The average molecular weight is 434 g/mol. The van der Waals surface area contributed by atoms with Crippen LogP contribution in [0.1, 0.15) is 12.5 Å². The Bertz CT molecular complexity index is 1370. The average Bonchev–Trinajstić information content (AvgIpc) is 3.14. The van der Waals surface area contributed by atoms with Gasteiger partial charge in [-0.25, -0.2) is 19.2 Å². The number of rotatable bonds is 2. The summed E-state index contributed by atoms with van der Waals surface area (Å²) < 4.78 is 16.2. The minimum atomic E-state index is -0.887. The summed E-state index contributed by atoms with van der Waals surface area (Å²) in [7, 11) is 1.77. The van der Waals surface area contributed by atoms with Crippen molar-refractivity contribution in [3.05, 3.63) is 48.0 Å². The maximum Gasteiger partial charge on any atom is 0.407 e. The van der Waals surface area contributed by atoms with E-state index in [9.17, 15) is 14.3 Å². The first-order valence-corrected chi connectivity index (χ1v) is 10.5. The Labute approximate surface area is 183 Å². The number of amides is 1. The fraction of sp³-hybridized carbons (Fsp3) is 0.304. The van der Waals surface area contributed by atoms with Crippen molar-refractivity contribution in [3.8, 4) is 11.3 Å². The zero-order valence-corrected chi connectivity index (χ0v) is 18.1. The summed E-state index contributed by atoms with van der Waals surface area (Å²) in [5.74, 6) is -0.379. The lowest BCUT2D eigenvalue weighted by atomic mass is 10.0. The number of carboxylic acid groups (broad SMARTS) is 1. The molecule has 8 nitrogen and oxygen atoms in total. The molecule has 0 aliphatic carbocycles. The van der Waals surface area contributed by atoms with Gasteiger partial charge in [-0.05, 0) is 43.7 Å². The molecule has 5 rings (SSSR count). The van der Waals surface area contributed by atoms with E-state index in [4.69, 9.17) is 0 Å². The van der Waals surface area contributed by atoms with Gasteiger partial charge in [0.1, 0.15) is 5.52 Å². The Morgan fingerprint density at radius 3 is 2.78 bits per heavy atom. The number of fused-ring (bicyclic) bond motifs is 2. The van der Waals surface area contributed by atoms with E-state index in [0.29, 0.717) is 42.1 Å². The zero-order chi connectivity index (χ0) is 22.6. The first-order valence-electron chi connectivity index (χ1n) is 10.5. The van der Waals surface area contributed by atoms with Crippen molar-refractivity contribution in [1.29, 1.82) is 0 Å². The van der Waals surface area contributed by atoms with Gasteiger partial charge in [0.15, 0.2) is 11.5 Å².